The zero-order chi connectivity index (χ0) is 7.72. The van der Waals surface area contributed by atoms with Crippen LogP contribution in [0.1, 0.15) is 6.42 Å². The Morgan fingerprint density at radius 2 is 2.40 bits per heavy atom. The number of amides is 1. The molecule has 0 aliphatic carbocycles. The van der Waals surface area contributed by atoms with Gasteiger partial charge in [-0.05, 0) is 0 Å². The standard InChI is InChI=1S/C5H6FNO3/c6-2-1-3(8)7-4(2)5(9)10/h2,4H,1H2,(H,7,8)(H,9,10). The highest BCUT2D eigenvalue weighted by Gasteiger charge is 2.37. The summed E-state index contributed by atoms with van der Waals surface area (Å²) in [6.45, 7) is 0. The number of rotatable bonds is 1. The summed E-state index contributed by atoms with van der Waals surface area (Å²) in [6.07, 6.45) is -1.92. The predicted octanol–water partition coefficient (Wildman–Crippen LogP) is -0.702. The summed E-state index contributed by atoms with van der Waals surface area (Å²) >= 11 is 0. The molecule has 0 bridgehead atoms. The summed E-state index contributed by atoms with van der Waals surface area (Å²) in [5.41, 5.74) is 0. The first-order valence-corrected chi connectivity index (χ1v) is 2.77. The van der Waals surface area contributed by atoms with Gasteiger partial charge in [0, 0.05) is 0 Å². The number of carbonyl (C=O) groups is 2. The van der Waals surface area contributed by atoms with E-state index in [1.807, 2.05) is 5.32 Å². The van der Waals surface area contributed by atoms with Crippen molar-refractivity contribution in [2.24, 2.45) is 0 Å². The summed E-state index contributed by atoms with van der Waals surface area (Å²) in [5.74, 6) is -1.86. The maximum absolute atomic E-state index is 12.4. The topological polar surface area (TPSA) is 66.4 Å². The average Bonchev–Trinajstić information content (AvgIpc) is 2.10. The van der Waals surface area contributed by atoms with Crippen molar-refractivity contribution >= 4 is 11.9 Å². The fraction of sp³-hybridized carbons (Fsp3) is 0.600. The highest BCUT2D eigenvalue weighted by molar-refractivity contribution is 5.88. The van der Waals surface area contributed by atoms with E-state index in [9.17, 15) is 14.0 Å². The minimum atomic E-state index is -1.58. The van der Waals surface area contributed by atoms with Crippen molar-refractivity contribution in [2.45, 2.75) is 18.6 Å². The van der Waals surface area contributed by atoms with E-state index in [1.54, 1.807) is 0 Å². The average molecular weight is 147 g/mol. The molecule has 1 aliphatic heterocycles. The van der Waals surface area contributed by atoms with Crippen molar-refractivity contribution in [2.75, 3.05) is 0 Å². The minimum absolute atomic E-state index is 0.336. The second-order valence-electron chi connectivity index (χ2n) is 2.10. The summed E-state index contributed by atoms with van der Waals surface area (Å²) in [5, 5.41) is 10.2. The zero-order valence-corrected chi connectivity index (χ0v) is 5.00. The smallest absolute Gasteiger partial charge is 0.329 e. The van der Waals surface area contributed by atoms with E-state index < -0.39 is 24.1 Å². The van der Waals surface area contributed by atoms with Gasteiger partial charge in [-0.1, -0.05) is 0 Å². The Hall–Kier alpha value is -1.13. The van der Waals surface area contributed by atoms with Gasteiger partial charge < -0.3 is 10.4 Å². The molecule has 2 unspecified atom stereocenters. The SMILES string of the molecule is O=C1CC(F)C(C(=O)O)N1. The van der Waals surface area contributed by atoms with Crippen LogP contribution in [0.3, 0.4) is 0 Å². The van der Waals surface area contributed by atoms with E-state index in [2.05, 4.69) is 0 Å². The lowest BCUT2D eigenvalue weighted by atomic mass is 10.2. The molecule has 1 saturated heterocycles. The molecule has 2 atom stereocenters. The zero-order valence-electron chi connectivity index (χ0n) is 5.00. The Morgan fingerprint density at radius 3 is 2.60 bits per heavy atom. The summed E-state index contributed by atoms with van der Waals surface area (Å²) < 4.78 is 12.4. The van der Waals surface area contributed by atoms with E-state index in [0.717, 1.165) is 0 Å². The van der Waals surface area contributed by atoms with Crippen LogP contribution in [0.15, 0.2) is 0 Å². The third-order valence-electron chi connectivity index (χ3n) is 1.32. The molecule has 0 aromatic rings. The lowest BCUT2D eigenvalue weighted by Crippen LogP contribution is -2.37. The third kappa shape index (κ3) is 1.07. The number of alkyl halides is 1. The van der Waals surface area contributed by atoms with Crippen LogP contribution >= 0.6 is 0 Å². The fourth-order valence-corrected chi connectivity index (χ4v) is 0.834. The van der Waals surface area contributed by atoms with Gasteiger partial charge in [0.2, 0.25) is 5.91 Å². The molecule has 1 aliphatic rings. The lowest BCUT2D eigenvalue weighted by Gasteiger charge is -2.04. The number of aliphatic carboxylic acids is 1. The fourth-order valence-electron chi connectivity index (χ4n) is 0.834. The molecule has 0 aromatic carbocycles. The van der Waals surface area contributed by atoms with Gasteiger partial charge in [0.15, 0.2) is 6.04 Å². The number of carboxylic acids is 1. The number of hydrogen-bond donors (Lipinski definition) is 2. The van der Waals surface area contributed by atoms with Crippen LogP contribution in [0, 0.1) is 0 Å². The van der Waals surface area contributed by atoms with Crippen LogP contribution in [0.4, 0.5) is 4.39 Å². The van der Waals surface area contributed by atoms with Gasteiger partial charge in [0.05, 0.1) is 6.42 Å². The first-order chi connectivity index (χ1) is 4.61. The number of nitrogens with one attached hydrogen (secondary N) is 1. The number of halogens is 1. The molecular weight excluding hydrogens is 141 g/mol. The molecule has 1 amide bonds. The third-order valence-corrected chi connectivity index (χ3v) is 1.32. The predicted molar refractivity (Wildman–Crippen MR) is 29.1 cm³/mol. The van der Waals surface area contributed by atoms with Gasteiger partial charge in [-0.25, -0.2) is 9.18 Å². The van der Waals surface area contributed by atoms with Crippen molar-refractivity contribution in [1.82, 2.24) is 5.32 Å². The second kappa shape index (κ2) is 2.24. The molecule has 4 nitrogen and oxygen atoms in total. The Kier molecular flexibility index (Phi) is 1.57. The van der Waals surface area contributed by atoms with Crippen LogP contribution in [0.5, 0.6) is 0 Å². The van der Waals surface area contributed by atoms with E-state index in [4.69, 9.17) is 5.11 Å². The van der Waals surface area contributed by atoms with Crippen molar-refractivity contribution in [3.05, 3.63) is 0 Å². The van der Waals surface area contributed by atoms with Gasteiger partial charge in [0.1, 0.15) is 6.17 Å². The Balaban J connectivity index is 2.63. The van der Waals surface area contributed by atoms with Crippen LogP contribution < -0.4 is 5.32 Å². The van der Waals surface area contributed by atoms with Gasteiger partial charge in [-0.2, -0.15) is 0 Å². The molecule has 0 aromatic heterocycles. The van der Waals surface area contributed by atoms with Crippen LogP contribution in [-0.4, -0.2) is 29.2 Å². The summed E-state index contributed by atoms with van der Waals surface area (Å²) in [4.78, 5) is 20.5. The highest BCUT2D eigenvalue weighted by Crippen LogP contribution is 2.11. The Bertz CT molecular complexity index is 182. The monoisotopic (exact) mass is 147 g/mol. The summed E-state index contributed by atoms with van der Waals surface area (Å²) in [7, 11) is 0. The normalized spacial score (nSPS) is 31.9. The maximum Gasteiger partial charge on any atom is 0.329 e. The molecule has 1 rings (SSSR count). The quantitative estimate of drug-likeness (QED) is 0.515. The van der Waals surface area contributed by atoms with E-state index >= 15 is 0 Å². The number of carboxylic acid groups (broad SMARTS) is 1. The van der Waals surface area contributed by atoms with Gasteiger partial charge >= 0.3 is 5.97 Å². The van der Waals surface area contributed by atoms with Crippen LogP contribution in [0.25, 0.3) is 0 Å². The van der Waals surface area contributed by atoms with Gasteiger partial charge in [-0.3, -0.25) is 4.79 Å². The molecule has 0 spiro atoms. The van der Waals surface area contributed by atoms with Crippen LogP contribution in [0.2, 0.25) is 0 Å². The highest BCUT2D eigenvalue weighted by atomic mass is 19.1. The van der Waals surface area contributed by atoms with E-state index in [-0.39, 0.29) is 6.42 Å². The first-order valence-electron chi connectivity index (χ1n) is 2.77. The molecule has 1 fully saturated rings. The maximum atomic E-state index is 12.4. The first kappa shape index (κ1) is 6.98. The number of carbonyl (C=O) groups excluding carboxylic acids is 1. The van der Waals surface area contributed by atoms with Crippen LogP contribution in [-0.2, 0) is 9.59 Å². The molecule has 0 saturated carbocycles. The van der Waals surface area contributed by atoms with Gasteiger partial charge in [0.25, 0.3) is 0 Å². The molecule has 5 heteroatoms. The Morgan fingerprint density at radius 1 is 1.80 bits per heavy atom. The van der Waals surface area contributed by atoms with Crippen molar-refractivity contribution in [3.63, 3.8) is 0 Å². The molecule has 10 heavy (non-hydrogen) atoms. The van der Waals surface area contributed by atoms with E-state index in [0.29, 0.717) is 0 Å². The Labute approximate surface area is 56.0 Å². The minimum Gasteiger partial charge on any atom is -0.480 e. The van der Waals surface area contributed by atoms with E-state index in [1.165, 1.54) is 0 Å². The largest absolute Gasteiger partial charge is 0.480 e. The van der Waals surface area contributed by atoms with Gasteiger partial charge in [-0.15, -0.1) is 0 Å². The number of hydrogen-bond acceptors (Lipinski definition) is 2. The molecule has 1 heterocycles. The molecule has 0 radical (unpaired) electrons. The lowest BCUT2D eigenvalue weighted by molar-refractivity contribution is -0.141. The van der Waals surface area contributed by atoms with Crippen molar-refractivity contribution < 1.29 is 19.1 Å². The molecule has 2 N–H and O–H groups in total. The molecule has 56 valence electrons. The van der Waals surface area contributed by atoms with Crippen molar-refractivity contribution in [1.29, 1.82) is 0 Å². The second-order valence-corrected chi connectivity index (χ2v) is 2.10. The molecular formula is C5H6FNO3. The summed E-state index contributed by atoms with van der Waals surface area (Å²) in [6, 6.07) is -1.34. The van der Waals surface area contributed by atoms with Crippen molar-refractivity contribution in [3.8, 4) is 0 Å².